The molecule has 0 spiro atoms. The molecule has 0 aliphatic heterocycles. The molecule has 10 heteroatoms. The fraction of sp³-hybridized carbons (Fsp3) is 0.235. The number of fused-ring (bicyclic) bond motifs is 1. The molecule has 2 aromatic heterocycles. The summed E-state index contributed by atoms with van der Waals surface area (Å²) < 4.78 is 11.9. The Labute approximate surface area is 168 Å². The highest BCUT2D eigenvalue weighted by atomic mass is 35.5. The summed E-state index contributed by atoms with van der Waals surface area (Å²) in [6, 6.07) is 4.67. The van der Waals surface area contributed by atoms with Crippen molar-refractivity contribution >= 4 is 51.3 Å². The Balaban J connectivity index is 1.62. The number of amides is 1. The lowest BCUT2D eigenvalue weighted by Crippen LogP contribution is -2.16. The van der Waals surface area contributed by atoms with Crippen LogP contribution < -0.4 is 20.3 Å². The minimum Gasteiger partial charge on any atom is -0.495 e. The van der Waals surface area contributed by atoms with Gasteiger partial charge in [-0.1, -0.05) is 11.6 Å². The monoisotopic (exact) mass is 425 g/mol. The van der Waals surface area contributed by atoms with Crippen molar-refractivity contribution in [1.29, 1.82) is 0 Å². The van der Waals surface area contributed by atoms with Crippen molar-refractivity contribution in [3.05, 3.63) is 50.8 Å². The predicted octanol–water partition coefficient (Wildman–Crippen LogP) is 3.30. The summed E-state index contributed by atoms with van der Waals surface area (Å²) >= 11 is 8.82. The molecule has 0 saturated carbocycles. The molecule has 2 heterocycles. The number of aromatic nitrogens is 2. The number of carbonyl (C=O) groups excluding carboxylic acids is 1. The quantitative estimate of drug-likeness (QED) is 0.625. The van der Waals surface area contributed by atoms with Crippen molar-refractivity contribution in [3.63, 3.8) is 0 Å². The van der Waals surface area contributed by atoms with E-state index in [1.165, 1.54) is 47.8 Å². The number of rotatable bonds is 7. The van der Waals surface area contributed by atoms with E-state index >= 15 is 0 Å². The molecule has 0 aliphatic rings. The van der Waals surface area contributed by atoms with Crippen LogP contribution in [0.4, 0.5) is 5.69 Å². The van der Waals surface area contributed by atoms with Crippen LogP contribution >= 0.6 is 34.7 Å². The highest BCUT2D eigenvalue weighted by molar-refractivity contribution is 7.99. The first-order valence-electron chi connectivity index (χ1n) is 7.76. The number of nitrogens with zero attached hydrogens (tertiary/aromatic N) is 2. The fourth-order valence-corrected chi connectivity index (χ4v) is 4.04. The van der Waals surface area contributed by atoms with Crippen molar-refractivity contribution < 1.29 is 14.3 Å². The third-order valence-corrected chi connectivity index (χ3v) is 5.61. The Morgan fingerprint density at radius 2 is 2.07 bits per heavy atom. The van der Waals surface area contributed by atoms with Crippen molar-refractivity contribution in [1.82, 2.24) is 9.38 Å². The third-order valence-electron chi connectivity index (χ3n) is 3.59. The van der Waals surface area contributed by atoms with E-state index in [1.807, 2.05) is 5.38 Å². The highest BCUT2D eigenvalue weighted by Gasteiger charge is 2.13. The van der Waals surface area contributed by atoms with E-state index in [-0.39, 0.29) is 17.2 Å². The number of anilines is 1. The first kappa shape index (κ1) is 19.5. The molecule has 142 valence electrons. The predicted molar refractivity (Wildman–Crippen MR) is 109 cm³/mol. The SMILES string of the molecule is COc1cc(NC(=O)CSCc2cc(=O)n3ccsc3n2)c(OC)cc1Cl. The van der Waals surface area contributed by atoms with Crippen LogP contribution in [0.15, 0.2) is 34.6 Å². The summed E-state index contributed by atoms with van der Waals surface area (Å²) in [4.78, 5) is 29.3. The van der Waals surface area contributed by atoms with E-state index in [4.69, 9.17) is 21.1 Å². The van der Waals surface area contributed by atoms with Gasteiger partial charge in [-0.05, 0) is 0 Å². The van der Waals surface area contributed by atoms with Gasteiger partial charge in [-0.25, -0.2) is 4.98 Å². The maximum absolute atomic E-state index is 12.2. The molecule has 0 unspecified atom stereocenters. The molecule has 1 aromatic carbocycles. The normalized spacial score (nSPS) is 10.8. The number of nitrogens with one attached hydrogen (secondary N) is 1. The summed E-state index contributed by atoms with van der Waals surface area (Å²) in [6.07, 6.45) is 1.69. The van der Waals surface area contributed by atoms with Gasteiger partial charge in [0.25, 0.3) is 5.56 Å². The van der Waals surface area contributed by atoms with Crippen molar-refractivity contribution in [3.8, 4) is 11.5 Å². The number of methoxy groups -OCH3 is 2. The molecule has 7 nitrogen and oxygen atoms in total. The van der Waals surface area contributed by atoms with E-state index in [1.54, 1.807) is 18.3 Å². The van der Waals surface area contributed by atoms with Crippen molar-refractivity contribution in [2.45, 2.75) is 5.75 Å². The minimum absolute atomic E-state index is 0.126. The summed E-state index contributed by atoms with van der Waals surface area (Å²) in [5, 5.41) is 4.98. The number of benzene rings is 1. The Kier molecular flexibility index (Phi) is 6.25. The average molecular weight is 426 g/mol. The van der Waals surface area contributed by atoms with E-state index in [9.17, 15) is 9.59 Å². The van der Waals surface area contributed by atoms with Crippen LogP contribution in [0.5, 0.6) is 11.5 Å². The first-order valence-corrected chi connectivity index (χ1v) is 10.2. The number of carbonyl (C=O) groups is 1. The van der Waals surface area contributed by atoms with Gasteiger partial charge in [0.15, 0.2) is 4.96 Å². The third kappa shape index (κ3) is 4.55. The standard InChI is InChI=1S/C17H16ClN3O4S2/c1-24-13-7-12(14(25-2)6-11(13)18)20-15(22)9-26-8-10-5-16(23)21-3-4-27-17(21)19-10/h3-7H,8-9H2,1-2H3,(H,20,22). The van der Waals surface area contributed by atoms with Crippen LogP contribution in [0.1, 0.15) is 5.69 Å². The highest BCUT2D eigenvalue weighted by Crippen LogP contribution is 2.35. The van der Waals surface area contributed by atoms with E-state index in [2.05, 4.69) is 10.3 Å². The Morgan fingerprint density at radius 3 is 2.81 bits per heavy atom. The van der Waals surface area contributed by atoms with Gasteiger partial charge in [0.2, 0.25) is 5.91 Å². The van der Waals surface area contributed by atoms with Crippen LogP contribution in [0, 0.1) is 0 Å². The van der Waals surface area contributed by atoms with Gasteiger partial charge in [-0.3, -0.25) is 14.0 Å². The lowest BCUT2D eigenvalue weighted by Gasteiger charge is -2.13. The number of hydrogen-bond donors (Lipinski definition) is 1. The average Bonchev–Trinajstić information content (AvgIpc) is 3.12. The second kappa shape index (κ2) is 8.64. The van der Waals surface area contributed by atoms with Gasteiger partial charge >= 0.3 is 0 Å². The molecular weight excluding hydrogens is 410 g/mol. The summed E-state index contributed by atoms with van der Waals surface area (Å²) in [5.74, 6) is 1.32. The first-order chi connectivity index (χ1) is 13.0. The van der Waals surface area contributed by atoms with Gasteiger partial charge in [-0.2, -0.15) is 0 Å². The Hall–Kier alpha value is -2.23. The lowest BCUT2D eigenvalue weighted by molar-refractivity contribution is -0.113. The van der Waals surface area contributed by atoms with E-state index in [0.29, 0.717) is 38.6 Å². The van der Waals surface area contributed by atoms with Crippen LogP contribution in [0.25, 0.3) is 4.96 Å². The molecule has 0 bridgehead atoms. The van der Waals surface area contributed by atoms with E-state index in [0.717, 1.165) is 0 Å². The van der Waals surface area contributed by atoms with Crippen LogP contribution in [-0.4, -0.2) is 35.3 Å². The fourth-order valence-electron chi connectivity index (χ4n) is 2.35. The zero-order chi connectivity index (χ0) is 19.4. The molecule has 3 aromatic rings. The number of thiazole rings is 1. The molecule has 0 atom stereocenters. The Morgan fingerprint density at radius 1 is 1.30 bits per heavy atom. The second-order valence-corrected chi connectivity index (χ2v) is 7.64. The molecular formula is C17H16ClN3O4S2. The lowest BCUT2D eigenvalue weighted by atomic mass is 10.2. The number of thioether (sulfide) groups is 1. The van der Waals surface area contributed by atoms with Crippen molar-refractivity contribution in [2.75, 3.05) is 25.3 Å². The maximum Gasteiger partial charge on any atom is 0.258 e. The minimum atomic E-state index is -0.211. The molecule has 1 N–H and O–H groups in total. The van der Waals surface area contributed by atoms with Crippen LogP contribution in [0.3, 0.4) is 0 Å². The van der Waals surface area contributed by atoms with Gasteiger partial charge in [0.05, 0.1) is 36.4 Å². The smallest absolute Gasteiger partial charge is 0.258 e. The van der Waals surface area contributed by atoms with Gasteiger partial charge in [-0.15, -0.1) is 23.1 Å². The topological polar surface area (TPSA) is 81.9 Å². The second-order valence-electron chi connectivity index (χ2n) is 5.37. The Bertz CT molecular complexity index is 1030. The molecule has 3 rings (SSSR count). The van der Waals surface area contributed by atoms with Crippen molar-refractivity contribution in [2.24, 2.45) is 0 Å². The maximum atomic E-state index is 12.2. The van der Waals surface area contributed by atoms with Gasteiger partial charge in [0, 0.05) is 35.5 Å². The van der Waals surface area contributed by atoms with Gasteiger partial charge in [0.1, 0.15) is 11.5 Å². The molecule has 0 saturated heterocycles. The molecule has 0 fully saturated rings. The molecule has 27 heavy (non-hydrogen) atoms. The molecule has 1 amide bonds. The van der Waals surface area contributed by atoms with Crippen LogP contribution in [-0.2, 0) is 10.5 Å². The van der Waals surface area contributed by atoms with Gasteiger partial charge < -0.3 is 14.8 Å². The zero-order valence-electron chi connectivity index (χ0n) is 14.5. The summed E-state index contributed by atoms with van der Waals surface area (Å²) in [7, 11) is 2.99. The largest absolute Gasteiger partial charge is 0.495 e. The molecule has 0 radical (unpaired) electrons. The number of hydrogen-bond acceptors (Lipinski definition) is 7. The van der Waals surface area contributed by atoms with E-state index < -0.39 is 0 Å². The van der Waals surface area contributed by atoms with Crippen LogP contribution in [0.2, 0.25) is 5.02 Å². The number of ether oxygens (including phenoxy) is 2. The molecule has 0 aliphatic carbocycles. The summed E-state index contributed by atoms with van der Waals surface area (Å²) in [5.41, 5.74) is 0.992. The summed E-state index contributed by atoms with van der Waals surface area (Å²) in [6.45, 7) is 0. The zero-order valence-corrected chi connectivity index (χ0v) is 16.9. The number of halogens is 1.